The lowest BCUT2D eigenvalue weighted by atomic mass is 10.1. The first kappa shape index (κ1) is 20.6. The van der Waals surface area contributed by atoms with E-state index in [4.69, 9.17) is 9.47 Å². The number of nitrogens with one attached hydrogen (secondary N) is 2. The molecule has 0 aliphatic carbocycles. The molecule has 0 spiro atoms. The van der Waals surface area contributed by atoms with Gasteiger partial charge in [-0.1, -0.05) is 19.9 Å². The molecule has 1 aromatic heterocycles. The summed E-state index contributed by atoms with van der Waals surface area (Å²) < 4.78 is 11.2. The molecule has 2 N–H and O–H groups in total. The molecule has 0 aliphatic rings. The van der Waals surface area contributed by atoms with E-state index in [1.165, 1.54) is 0 Å². The molecule has 0 saturated carbocycles. The van der Waals surface area contributed by atoms with Crippen LogP contribution in [0.5, 0.6) is 11.5 Å². The van der Waals surface area contributed by atoms with Crippen molar-refractivity contribution >= 4 is 11.7 Å². The summed E-state index contributed by atoms with van der Waals surface area (Å²) in [7, 11) is 1.60. The van der Waals surface area contributed by atoms with E-state index in [-0.39, 0.29) is 12.1 Å². The average Bonchev–Trinajstić information content (AvgIpc) is 2.66. The fourth-order valence-corrected chi connectivity index (χ4v) is 2.62. The number of hydrogen-bond acceptors (Lipinski definition) is 4. The van der Waals surface area contributed by atoms with Gasteiger partial charge < -0.3 is 20.1 Å². The number of carbonyl (C=O) groups excluding carboxylic acids is 1. The van der Waals surface area contributed by atoms with Crippen LogP contribution in [-0.2, 0) is 0 Å². The fraction of sp³-hybridized carbons (Fsp3) is 0.429. The van der Waals surface area contributed by atoms with Crippen LogP contribution in [0.25, 0.3) is 0 Å². The largest absolute Gasteiger partial charge is 0.493 e. The lowest BCUT2D eigenvalue weighted by Gasteiger charge is -2.16. The number of rotatable bonds is 9. The average molecular weight is 371 g/mol. The van der Waals surface area contributed by atoms with E-state index in [1.807, 2.05) is 19.1 Å². The molecule has 1 unspecified atom stereocenters. The van der Waals surface area contributed by atoms with Crippen LogP contribution in [0.3, 0.4) is 0 Å². The number of methoxy groups -OCH3 is 1. The third-order valence-electron chi connectivity index (χ3n) is 4.14. The Morgan fingerprint density at radius 2 is 2.00 bits per heavy atom. The van der Waals surface area contributed by atoms with E-state index in [0.717, 1.165) is 18.4 Å². The molecule has 146 valence electrons. The van der Waals surface area contributed by atoms with Crippen molar-refractivity contribution in [1.29, 1.82) is 0 Å². The molecular formula is C21H29N3O3. The van der Waals surface area contributed by atoms with Gasteiger partial charge in [-0.05, 0) is 49.4 Å². The lowest BCUT2D eigenvalue weighted by Crippen LogP contribution is -2.31. The Labute approximate surface area is 161 Å². The number of pyridine rings is 1. The number of benzene rings is 1. The molecule has 0 saturated heterocycles. The molecule has 0 bridgehead atoms. The maximum atomic E-state index is 12.3. The number of ether oxygens (including phenoxy) is 2. The Hall–Kier alpha value is -2.76. The van der Waals surface area contributed by atoms with Crippen LogP contribution in [0.2, 0.25) is 0 Å². The Kier molecular flexibility index (Phi) is 7.92. The Bertz CT molecular complexity index is 720. The summed E-state index contributed by atoms with van der Waals surface area (Å²) in [6.45, 7) is 6.91. The van der Waals surface area contributed by atoms with Crippen LogP contribution in [0.1, 0.15) is 45.2 Å². The van der Waals surface area contributed by atoms with Gasteiger partial charge in [0.05, 0.1) is 19.8 Å². The number of nitrogens with zero attached hydrogens (tertiary/aromatic N) is 1. The minimum absolute atomic E-state index is 0.149. The predicted molar refractivity (Wildman–Crippen MR) is 107 cm³/mol. The van der Waals surface area contributed by atoms with Crippen LogP contribution < -0.4 is 20.1 Å². The number of hydrogen-bond donors (Lipinski definition) is 2. The summed E-state index contributed by atoms with van der Waals surface area (Å²) in [6.07, 6.45) is 5.52. The summed E-state index contributed by atoms with van der Waals surface area (Å²) in [5.41, 5.74) is 1.59. The minimum atomic E-state index is -0.290. The summed E-state index contributed by atoms with van der Waals surface area (Å²) in [5, 5.41) is 5.73. The highest BCUT2D eigenvalue weighted by molar-refractivity contribution is 5.89. The van der Waals surface area contributed by atoms with Crippen molar-refractivity contribution in [1.82, 2.24) is 10.3 Å². The van der Waals surface area contributed by atoms with Crippen LogP contribution in [0, 0.1) is 5.92 Å². The quantitative estimate of drug-likeness (QED) is 0.622. The molecule has 1 atom stereocenters. The Morgan fingerprint density at radius 3 is 2.67 bits per heavy atom. The van der Waals surface area contributed by atoms with Gasteiger partial charge in [-0.15, -0.1) is 0 Å². The van der Waals surface area contributed by atoms with E-state index < -0.39 is 0 Å². The molecule has 0 fully saturated rings. The smallest absolute Gasteiger partial charge is 0.319 e. The van der Waals surface area contributed by atoms with E-state index in [0.29, 0.717) is 29.7 Å². The van der Waals surface area contributed by atoms with E-state index in [2.05, 4.69) is 29.5 Å². The molecule has 6 nitrogen and oxygen atoms in total. The summed E-state index contributed by atoms with van der Waals surface area (Å²) in [5.74, 6) is 1.92. The number of amides is 2. The molecule has 0 aliphatic heterocycles. The van der Waals surface area contributed by atoms with Gasteiger partial charge in [-0.2, -0.15) is 0 Å². The van der Waals surface area contributed by atoms with Crippen LogP contribution >= 0.6 is 0 Å². The highest BCUT2D eigenvalue weighted by Crippen LogP contribution is 2.30. The van der Waals surface area contributed by atoms with Gasteiger partial charge in [0.1, 0.15) is 0 Å². The molecular weight excluding hydrogens is 342 g/mol. The molecule has 2 rings (SSSR count). The van der Waals surface area contributed by atoms with Gasteiger partial charge in [0.25, 0.3) is 0 Å². The molecule has 0 radical (unpaired) electrons. The topological polar surface area (TPSA) is 72.5 Å². The number of carbonyl (C=O) groups is 1. The summed E-state index contributed by atoms with van der Waals surface area (Å²) in [4.78, 5) is 16.4. The van der Waals surface area contributed by atoms with E-state index >= 15 is 0 Å². The molecule has 6 heteroatoms. The zero-order valence-electron chi connectivity index (χ0n) is 16.5. The standard InChI is InChI=1S/C21H29N3O3/c1-15(2)7-6-12-27-20-13-18(9-10-19(20)26-4)24-21(25)23-16(3)17-8-5-11-22-14-17/h5,8-11,13-16H,6-7,12H2,1-4H3,(H2,23,24,25). The molecule has 1 aromatic carbocycles. The molecule has 1 heterocycles. The highest BCUT2D eigenvalue weighted by atomic mass is 16.5. The second-order valence-corrected chi connectivity index (χ2v) is 6.86. The second-order valence-electron chi connectivity index (χ2n) is 6.86. The van der Waals surface area contributed by atoms with Crippen molar-refractivity contribution in [2.24, 2.45) is 5.92 Å². The maximum absolute atomic E-state index is 12.3. The van der Waals surface area contributed by atoms with Crippen LogP contribution in [0.4, 0.5) is 10.5 Å². The van der Waals surface area contributed by atoms with Crippen molar-refractivity contribution < 1.29 is 14.3 Å². The van der Waals surface area contributed by atoms with Gasteiger partial charge in [0, 0.05) is 24.1 Å². The minimum Gasteiger partial charge on any atom is -0.493 e. The SMILES string of the molecule is COc1ccc(NC(=O)NC(C)c2cccnc2)cc1OCCCC(C)C. The lowest BCUT2D eigenvalue weighted by molar-refractivity contribution is 0.249. The van der Waals surface area contributed by atoms with Crippen molar-refractivity contribution in [3.8, 4) is 11.5 Å². The van der Waals surface area contributed by atoms with Gasteiger partial charge in [0.15, 0.2) is 11.5 Å². The molecule has 2 amide bonds. The predicted octanol–water partition coefficient (Wildman–Crippen LogP) is 4.79. The zero-order valence-corrected chi connectivity index (χ0v) is 16.5. The van der Waals surface area contributed by atoms with Crippen LogP contribution in [0.15, 0.2) is 42.7 Å². The number of aromatic nitrogens is 1. The maximum Gasteiger partial charge on any atom is 0.319 e. The van der Waals surface area contributed by atoms with Crippen molar-refractivity contribution in [3.05, 3.63) is 48.3 Å². The number of urea groups is 1. The highest BCUT2D eigenvalue weighted by Gasteiger charge is 2.12. The van der Waals surface area contributed by atoms with Gasteiger partial charge in [-0.3, -0.25) is 4.98 Å². The normalized spacial score (nSPS) is 11.7. The van der Waals surface area contributed by atoms with E-state index in [1.54, 1.807) is 37.7 Å². The first-order valence-corrected chi connectivity index (χ1v) is 9.28. The Morgan fingerprint density at radius 1 is 1.19 bits per heavy atom. The first-order chi connectivity index (χ1) is 13.0. The van der Waals surface area contributed by atoms with Crippen molar-refractivity contribution in [2.75, 3.05) is 19.0 Å². The van der Waals surface area contributed by atoms with Gasteiger partial charge in [-0.25, -0.2) is 4.79 Å². The van der Waals surface area contributed by atoms with E-state index in [9.17, 15) is 4.79 Å². The monoisotopic (exact) mass is 371 g/mol. The first-order valence-electron chi connectivity index (χ1n) is 9.28. The Balaban J connectivity index is 1.94. The third kappa shape index (κ3) is 6.81. The summed E-state index contributed by atoms with van der Waals surface area (Å²) in [6, 6.07) is 8.69. The van der Waals surface area contributed by atoms with Gasteiger partial charge in [0.2, 0.25) is 0 Å². The fourth-order valence-electron chi connectivity index (χ4n) is 2.62. The zero-order chi connectivity index (χ0) is 19.6. The summed E-state index contributed by atoms with van der Waals surface area (Å²) >= 11 is 0. The second kappa shape index (κ2) is 10.4. The van der Waals surface area contributed by atoms with Crippen molar-refractivity contribution in [3.63, 3.8) is 0 Å². The third-order valence-corrected chi connectivity index (χ3v) is 4.14. The number of anilines is 1. The molecule has 2 aromatic rings. The van der Waals surface area contributed by atoms with Crippen molar-refractivity contribution in [2.45, 2.75) is 39.7 Å². The van der Waals surface area contributed by atoms with Crippen LogP contribution in [-0.4, -0.2) is 24.7 Å². The molecule has 27 heavy (non-hydrogen) atoms. The van der Waals surface area contributed by atoms with Gasteiger partial charge >= 0.3 is 6.03 Å².